The van der Waals surface area contributed by atoms with Gasteiger partial charge in [0.1, 0.15) is 5.60 Å². The number of ether oxygens (including phenoxy) is 1. The Labute approximate surface area is 152 Å². The average Bonchev–Trinajstić information content (AvgIpc) is 3.00. The lowest BCUT2D eigenvalue weighted by molar-refractivity contribution is 0.0290. The summed E-state index contributed by atoms with van der Waals surface area (Å²) in [6, 6.07) is 9.54. The summed E-state index contributed by atoms with van der Waals surface area (Å²) in [6.45, 7) is 11.6. The largest absolute Gasteiger partial charge is 0.444 e. The third-order valence-electron chi connectivity index (χ3n) is 4.62. The van der Waals surface area contributed by atoms with Crippen molar-refractivity contribution >= 4 is 6.09 Å². The second-order valence-electron chi connectivity index (χ2n) is 8.15. The van der Waals surface area contributed by atoms with E-state index in [1.165, 1.54) is 24.0 Å². The van der Waals surface area contributed by atoms with E-state index in [9.17, 15) is 4.79 Å². The molecule has 1 aliphatic heterocycles. The van der Waals surface area contributed by atoms with Gasteiger partial charge in [-0.05, 0) is 58.1 Å². The Kier molecular flexibility index (Phi) is 6.88. The smallest absolute Gasteiger partial charge is 0.410 e. The van der Waals surface area contributed by atoms with Crippen LogP contribution in [-0.4, -0.2) is 35.7 Å². The minimum Gasteiger partial charge on any atom is -0.444 e. The Morgan fingerprint density at radius 2 is 2.00 bits per heavy atom. The van der Waals surface area contributed by atoms with E-state index in [0.717, 1.165) is 19.4 Å². The number of rotatable bonds is 6. The predicted molar refractivity (Wildman–Crippen MR) is 103 cm³/mol. The summed E-state index contributed by atoms with van der Waals surface area (Å²) in [5, 5.41) is 3.66. The molecule has 2 rings (SSSR count). The molecule has 2 atom stereocenters. The number of benzene rings is 1. The lowest BCUT2D eigenvalue weighted by atomic mass is 10.0. The van der Waals surface area contributed by atoms with Gasteiger partial charge in [-0.25, -0.2) is 4.79 Å². The van der Waals surface area contributed by atoms with E-state index in [4.69, 9.17) is 4.74 Å². The van der Waals surface area contributed by atoms with Crippen LogP contribution in [-0.2, 0) is 11.2 Å². The van der Waals surface area contributed by atoms with Gasteiger partial charge in [-0.3, -0.25) is 0 Å². The lowest BCUT2D eigenvalue weighted by Gasteiger charge is -2.25. The van der Waals surface area contributed by atoms with Crippen molar-refractivity contribution in [3.05, 3.63) is 35.4 Å². The van der Waals surface area contributed by atoms with Crippen LogP contribution in [0.3, 0.4) is 0 Å². The molecule has 1 aromatic carbocycles. The first-order valence-corrected chi connectivity index (χ1v) is 9.61. The third kappa shape index (κ3) is 6.35. The van der Waals surface area contributed by atoms with Gasteiger partial charge in [0.15, 0.2) is 0 Å². The van der Waals surface area contributed by atoms with Gasteiger partial charge >= 0.3 is 6.09 Å². The van der Waals surface area contributed by atoms with Crippen molar-refractivity contribution in [1.29, 1.82) is 0 Å². The summed E-state index contributed by atoms with van der Waals surface area (Å²) in [5.74, 6) is 0. The van der Waals surface area contributed by atoms with Gasteiger partial charge in [-0.2, -0.15) is 0 Å². The minimum absolute atomic E-state index is 0.204. The quantitative estimate of drug-likeness (QED) is 0.812. The molecule has 1 amide bonds. The lowest BCUT2D eigenvalue weighted by Crippen LogP contribution is -2.39. The fourth-order valence-corrected chi connectivity index (χ4v) is 3.19. The second-order valence-corrected chi connectivity index (χ2v) is 8.15. The van der Waals surface area contributed by atoms with Gasteiger partial charge in [-0.15, -0.1) is 0 Å². The fraction of sp³-hybridized carbons (Fsp3) is 0.667. The number of amides is 1. The van der Waals surface area contributed by atoms with Crippen molar-refractivity contribution in [2.45, 2.75) is 78.0 Å². The zero-order chi connectivity index (χ0) is 18.4. The number of carbonyl (C=O) groups excluding carboxylic acids is 1. The van der Waals surface area contributed by atoms with Crippen molar-refractivity contribution in [2.75, 3.05) is 13.1 Å². The average molecular weight is 347 g/mol. The van der Waals surface area contributed by atoms with E-state index in [1.54, 1.807) is 0 Å². The molecule has 1 saturated heterocycles. The summed E-state index contributed by atoms with van der Waals surface area (Å²) < 4.78 is 5.46. The molecule has 0 radical (unpaired) electrons. The number of nitrogens with one attached hydrogen (secondary N) is 1. The maximum atomic E-state index is 12.2. The molecule has 1 aromatic rings. The second kappa shape index (κ2) is 8.70. The number of aryl methyl sites for hydroxylation is 1. The molecular weight excluding hydrogens is 312 g/mol. The number of hydrogen-bond acceptors (Lipinski definition) is 3. The monoisotopic (exact) mass is 346 g/mol. The molecule has 1 heterocycles. The molecule has 2 unspecified atom stereocenters. The van der Waals surface area contributed by atoms with Gasteiger partial charge in [-0.1, -0.05) is 37.6 Å². The van der Waals surface area contributed by atoms with Gasteiger partial charge < -0.3 is 15.0 Å². The molecule has 25 heavy (non-hydrogen) atoms. The molecule has 0 saturated carbocycles. The van der Waals surface area contributed by atoms with E-state index in [0.29, 0.717) is 12.6 Å². The number of hydrogen-bond donors (Lipinski definition) is 1. The first-order valence-electron chi connectivity index (χ1n) is 9.61. The zero-order valence-corrected chi connectivity index (χ0v) is 16.5. The molecule has 1 N–H and O–H groups in total. The fourth-order valence-electron chi connectivity index (χ4n) is 3.19. The Morgan fingerprint density at radius 1 is 1.32 bits per heavy atom. The number of carbonyl (C=O) groups is 1. The molecule has 1 fully saturated rings. The molecule has 0 bridgehead atoms. The molecule has 140 valence electrons. The van der Waals surface area contributed by atoms with Crippen LogP contribution < -0.4 is 5.32 Å². The number of unbranched alkanes of at least 4 members (excludes halogenated alkanes) is 1. The van der Waals surface area contributed by atoms with Gasteiger partial charge in [0.05, 0.1) is 0 Å². The van der Waals surface area contributed by atoms with Crippen molar-refractivity contribution in [1.82, 2.24) is 10.2 Å². The normalized spacial score (nSPS) is 19.1. The highest BCUT2D eigenvalue weighted by Crippen LogP contribution is 2.20. The van der Waals surface area contributed by atoms with Gasteiger partial charge in [0, 0.05) is 25.2 Å². The summed E-state index contributed by atoms with van der Waals surface area (Å²) in [4.78, 5) is 14.0. The molecule has 4 heteroatoms. The first-order chi connectivity index (χ1) is 11.8. The van der Waals surface area contributed by atoms with Gasteiger partial charge in [0.2, 0.25) is 0 Å². The highest BCUT2D eigenvalue weighted by molar-refractivity contribution is 5.68. The summed E-state index contributed by atoms with van der Waals surface area (Å²) in [6.07, 6.45) is 4.40. The molecule has 0 aliphatic carbocycles. The maximum Gasteiger partial charge on any atom is 0.410 e. The highest BCUT2D eigenvalue weighted by atomic mass is 16.6. The molecule has 4 nitrogen and oxygen atoms in total. The van der Waals surface area contributed by atoms with Crippen molar-refractivity contribution in [3.63, 3.8) is 0 Å². The zero-order valence-electron chi connectivity index (χ0n) is 16.5. The van der Waals surface area contributed by atoms with Crippen molar-refractivity contribution in [3.8, 4) is 0 Å². The van der Waals surface area contributed by atoms with E-state index in [1.807, 2.05) is 25.7 Å². The number of nitrogens with zero attached hydrogens (tertiary/aromatic N) is 1. The Bertz CT molecular complexity index is 548. The van der Waals surface area contributed by atoms with Crippen LogP contribution in [0.4, 0.5) is 4.79 Å². The first kappa shape index (κ1) is 19.8. The standard InChI is InChI=1S/C21H34N2O2/c1-6-7-8-17-9-11-18(12-10-17)16(2)22-19-13-14-23(15-19)20(24)25-21(3,4)5/h9-12,16,19,22H,6-8,13-15H2,1-5H3. The molecule has 0 spiro atoms. The minimum atomic E-state index is -0.435. The predicted octanol–water partition coefficient (Wildman–Crippen LogP) is 4.69. The highest BCUT2D eigenvalue weighted by Gasteiger charge is 2.30. The summed E-state index contributed by atoms with van der Waals surface area (Å²) in [5.41, 5.74) is 2.28. The SMILES string of the molecule is CCCCc1ccc(C(C)NC2CCN(C(=O)OC(C)(C)C)C2)cc1. The summed E-state index contributed by atoms with van der Waals surface area (Å²) in [7, 11) is 0. The van der Waals surface area contributed by atoms with Crippen LogP contribution in [0, 0.1) is 0 Å². The van der Waals surface area contributed by atoms with Crippen molar-refractivity contribution in [2.24, 2.45) is 0 Å². The van der Waals surface area contributed by atoms with Crippen LogP contribution in [0.25, 0.3) is 0 Å². The molecule has 0 aromatic heterocycles. The van der Waals surface area contributed by atoms with E-state index < -0.39 is 5.60 Å². The Balaban J connectivity index is 1.83. The Hall–Kier alpha value is -1.55. The van der Waals surface area contributed by atoms with E-state index >= 15 is 0 Å². The van der Waals surface area contributed by atoms with E-state index in [-0.39, 0.29) is 12.1 Å². The maximum absolute atomic E-state index is 12.2. The number of likely N-dealkylation sites (tertiary alicyclic amines) is 1. The van der Waals surface area contributed by atoms with Gasteiger partial charge in [0.25, 0.3) is 0 Å². The van der Waals surface area contributed by atoms with Crippen LogP contribution in [0.2, 0.25) is 0 Å². The van der Waals surface area contributed by atoms with Crippen LogP contribution in [0.15, 0.2) is 24.3 Å². The topological polar surface area (TPSA) is 41.6 Å². The Morgan fingerprint density at radius 3 is 2.60 bits per heavy atom. The van der Waals surface area contributed by atoms with Crippen LogP contribution in [0.1, 0.15) is 71.0 Å². The molecular formula is C21H34N2O2. The van der Waals surface area contributed by atoms with Crippen molar-refractivity contribution < 1.29 is 9.53 Å². The third-order valence-corrected chi connectivity index (χ3v) is 4.62. The summed E-state index contributed by atoms with van der Waals surface area (Å²) >= 11 is 0. The van der Waals surface area contributed by atoms with E-state index in [2.05, 4.69) is 43.4 Å². The van der Waals surface area contributed by atoms with Crippen LogP contribution >= 0.6 is 0 Å². The van der Waals surface area contributed by atoms with Crippen LogP contribution in [0.5, 0.6) is 0 Å². The molecule has 1 aliphatic rings.